The summed E-state index contributed by atoms with van der Waals surface area (Å²) < 4.78 is 17.8. The van der Waals surface area contributed by atoms with E-state index in [9.17, 15) is 9.18 Å². The van der Waals surface area contributed by atoms with Crippen LogP contribution in [0.25, 0.3) is 0 Å². The Bertz CT molecular complexity index is 587. The monoisotopic (exact) mass is 275 g/mol. The van der Waals surface area contributed by atoms with Gasteiger partial charge in [0.1, 0.15) is 11.6 Å². The first kappa shape index (κ1) is 13.7. The van der Waals surface area contributed by atoms with Crippen LogP contribution in [-0.2, 0) is 0 Å². The molecule has 0 radical (unpaired) electrons. The molecular formula is C14H14FN3O2. The summed E-state index contributed by atoms with van der Waals surface area (Å²) in [4.78, 5) is 11.7. The minimum Gasteiger partial charge on any atom is -0.497 e. The number of urea groups is 1. The van der Waals surface area contributed by atoms with E-state index in [2.05, 4.69) is 16.2 Å². The van der Waals surface area contributed by atoms with Gasteiger partial charge in [0, 0.05) is 11.8 Å². The van der Waals surface area contributed by atoms with Crippen LogP contribution in [0.4, 0.5) is 20.6 Å². The first-order valence-electron chi connectivity index (χ1n) is 5.90. The molecule has 0 fully saturated rings. The highest BCUT2D eigenvalue weighted by atomic mass is 19.1. The summed E-state index contributed by atoms with van der Waals surface area (Å²) in [6, 6.07) is 12.2. The first-order valence-corrected chi connectivity index (χ1v) is 5.90. The zero-order valence-electron chi connectivity index (χ0n) is 10.8. The lowest BCUT2D eigenvalue weighted by Gasteiger charge is -2.10. The quantitative estimate of drug-likeness (QED) is 0.752. The van der Waals surface area contributed by atoms with Crippen LogP contribution in [-0.4, -0.2) is 13.1 Å². The van der Waals surface area contributed by atoms with Gasteiger partial charge in [-0.15, -0.1) is 0 Å². The van der Waals surface area contributed by atoms with Crippen LogP contribution in [0, 0.1) is 5.82 Å². The molecule has 0 aliphatic heterocycles. The molecular weight excluding hydrogens is 261 g/mol. The largest absolute Gasteiger partial charge is 0.497 e. The number of hydrazine groups is 1. The second kappa shape index (κ2) is 6.42. The Kier molecular flexibility index (Phi) is 4.39. The summed E-state index contributed by atoms with van der Waals surface area (Å²) in [6.07, 6.45) is 0. The summed E-state index contributed by atoms with van der Waals surface area (Å²) in [5.74, 6) is 0.311. The molecule has 0 aromatic heterocycles. The van der Waals surface area contributed by atoms with Gasteiger partial charge in [0.15, 0.2) is 0 Å². The van der Waals surface area contributed by atoms with Crippen molar-refractivity contribution < 1.29 is 13.9 Å². The summed E-state index contributed by atoms with van der Waals surface area (Å²) in [5, 5.41) is 2.63. The van der Waals surface area contributed by atoms with Crippen LogP contribution in [0.5, 0.6) is 5.75 Å². The third-order valence-corrected chi connectivity index (χ3v) is 2.49. The van der Waals surface area contributed by atoms with E-state index >= 15 is 0 Å². The van der Waals surface area contributed by atoms with Gasteiger partial charge in [0.05, 0.1) is 12.8 Å². The summed E-state index contributed by atoms with van der Waals surface area (Å²) in [5.41, 5.74) is 6.28. The molecule has 0 unspecified atom stereocenters. The minimum absolute atomic E-state index is 0.337. The van der Waals surface area contributed by atoms with Crippen LogP contribution in [0.2, 0.25) is 0 Å². The van der Waals surface area contributed by atoms with E-state index < -0.39 is 6.03 Å². The number of carbonyl (C=O) groups excluding carboxylic acids is 1. The second-order valence-electron chi connectivity index (χ2n) is 3.94. The zero-order chi connectivity index (χ0) is 14.4. The molecule has 6 heteroatoms. The molecule has 2 amide bonds. The van der Waals surface area contributed by atoms with E-state index in [4.69, 9.17) is 4.74 Å². The molecule has 0 bridgehead atoms. The average Bonchev–Trinajstić information content (AvgIpc) is 2.47. The highest BCUT2D eigenvalue weighted by Crippen LogP contribution is 2.16. The summed E-state index contributed by atoms with van der Waals surface area (Å²) >= 11 is 0. The fraction of sp³-hybridized carbons (Fsp3) is 0.0714. The predicted octanol–water partition coefficient (Wildman–Crippen LogP) is 2.98. The van der Waals surface area contributed by atoms with Crippen molar-refractivity contribution in [2.24, 2.45) is 0 Å². The van der Waals surface area contributed by atoms with Crippen LogP contribution < -0.4 is 20.9 Å². The third kappa shape index (κ3) is 3.88. The molecule has 2 aromatic carbocycles. The number of rotatable bonds is 4. The molecule has 0 saturated heterocycles. The zero-order valence-corrected chi connectivity index (χ0v) is 10.8. The van der Waals surface area contributed by atoms with E-state index in [0.29, 0.717) is 17.1 Å². The lowest BCUT2D eigenvalue weighted by molar-refractivity contribution is 0.254. The highest BCUT2D eigenvalue weighted by Gasteiger charge is 2.02. The van der Waals surface area contributed by atoms with Gasteiger partial charge < -0.3 is 10.1 Å². The molecule has 20 heavy (non-hydrogen) atoms. The maximum Gasteiger partial charge on any atom is 0.337 e. The molecule has 3 N–H and O–H groups in total. The van der Waals surface area contributed by atoms with Gasteiger partial charge in [-0.2, -0.15) is 0 Å². The number of hydrogen-bond donors (Lipinski definition) is 3. The molecule has 2 aromatic rings. The van der Waals surface area contributed by atoms with E-state index in [1.807, 2.05) is 0 Å². The molecule has 104 valence electrons. The van der Waals surface area contributed by atoms with Gasteiger partial charge in [-0.05, 0) is 36.4 Å². The van der Waals surface area contributed by atoms with Crippen molar-refractivity contribution in [3.05, 3.63) is 54.3 Å². The number of nitrogens with one attached hydrogen (secondary N) is 3. The standard InChI is InChI=1S/C14H14FN3O2/c1-20-13-4-2-3-12(9-13)16-14(19)18-17-11-7-5-10(15)6-8-11/h2-9,17H,1H3,(H2,16,18,19). The van der Waals surface area contributed by atoms with Crippen molar-refractivity contribution in [1.82, 2.24) is 5.43 Å². The van der Waals surface area contributed by atoms with E-state index in [1.54, 1.807) is 31.4 Å². The summed E-state index contributed by atoms with van der Waals surface area (Å²) in [7, 11) is 1.55. The molecule has 5 nitrogen and oxygen atoms in total. The van der Waals surface area contributed by atoms with Gasteiger partial charge in [0.2, 0.25) is 0 Å². The van der Waals surface area contributed by atoms with Crippen LogP contribution in [0.1, 0.15) is 0 Å². The smallest absolute Gasteiger partial charge is 0.337 e. The second-order valence-corrected chi connectivity index (χ2v) is 3.94. The average molecular weight is 275 g/mol. The molecule has 0 aliphatic rings. The number of halogens is 1. The molecule has 0 saturated carbocycles. The Morgan fingerprint density at radius 2 is 1.85 bits per heavy atom. The Labute approximate surface area is 115 Å². The molecule has 0 atom stereocenters. The van der Waals surface area contributed by atoms with Crippen molar-refractivity contribution >= 4 is 17.4 Å². The van der Waals surface area contributed by atoms with Gasteiger partial charge in [-0.3, -0.25) is 10.9 Å². The van der Waals surface area contributed by atoms with Gasteiger partial charge in [0.25, 0.3) is 0 Å². The van der Waals surface area contributed by atoms with Crippen LogP contribution >= 0.6 is 0 Å². The van der Waals surface area contributed by atoms with Crippen molar-refractivity contribution in [3.63, 3.8) is 0 Å². The Hall–Kier alpha value is -2.76. The Balaban J connectivity index is 1.87. The number of ether oxygens (including phenoxy) is 1. The number of amides is 2. The van der Waals surface area contributed by atoms with Gasteiger partial charge in [-0.1, -0.05) is 6.07 Å². The van der Waals surface area contributed by atoms with Crippen LogP contribution in [0.3, 0.4) is 0 Å². The lowest BCUT2D eigenvalue weighted by atomic mass is 10.3. The molecule has 2 rings (SSSR count). The fourth-order valence-electron chi connectivity index (χ4n) is 1.53. The van der Waals surface area contributed by atoms with Gasteiger partial charge in [-0.25, -0.2) is 9.18 Å². The van der Waals surface area contributed by atoms with Crippen molar-refractivity contribution in [2.45, 2.75) is 0 Å². The minimum atomic E-state index is -0.442. The molecule has 0 heterocycles. The van der Waals surface area contributed by atoms with Crippen molar-refractivity contribution in [2.75, 3.05) is 17.9 Å². The van der Waals surface area contributed by atoms with E-state index in [-0.39, 0.29) is 5.82 Å². The third-order valence-electron chi connectivity index (χ3n) is 2.49. The SMILES string of the molecule is COc1cccc(NC(=O)NNc2ccc(F)cc2)c1. The Morgan fingerprint density at radius 3 is 2.55 bits per heavy atom. The number of hydrogen-bond acceptors (Lipinski definition) is 3. The van der Waals surface area contributed by atoms with Crippen molar-refractivity contribution in [3.8, 4) is 5.75 Å². The Morgan fingerprint density at radius 1 is 1.10 bits per heavy atom. The highest BCUT2D eigenvalue weighted by molar-refractivity contribution is 5.90. The van der Waals surface area contributed by atoms with E-state index in [0.717, 1.165) is 0 Å². The topological polar surface area (TPSA) is 62.4 Å². The molecule has 0 aliphatic carbocycles. The van der Waals surface area contributed by atoms with Gasteiger partial charge >= 0.3 is 6.03 Å². The number of benzene rings is 2. The molecule has 0 spiro atoms. The maximum absolute atomic E-state index is 12.7. The van der Waals surface area contributed by atoms with Crippen LogP contribution in [0.15, 0.2) is 48.5 Å². The lowest BCUT2D eigenvalue weighted by Crippen LogP contribution is -2.33. The van der Waals surface area contributed by atoms with E-state index in [1.165, 1.54) is 24.3 Å². The fourth-order valence-corrected chi connectivity index (χ4v) is 1.53. The number of carbonyl (C=O) groups is 1. The predicted molar refractivity (Wildman–Crippen MR) is 75.2 cm³/mol. The first-order chi connectivity index (χ1) is 9.67. The number of anilines is 2. The normalized spacial score (nSPS) is 9.70. The van der Waals surface area contributed by atoms with Crippen molar-refractivity contribution in [1.29, 1.82) is 0 Å². The number of methoxy groups -OCH3 is 1. The summed E-state index contributed by atoms with van der Waals surface area (Å²) in [6.45, 7) is 0. The maximum atomic E-state index is 12.7.